The van der Waals surface area contributed by atoms with Crippen LogP contribution in [0.1, 0.15) is 32.6 Å². The highest BCUT2D eigenvalue weighted by atomic mass is 35.5. The van der Waals surface area contributed by atoms with Gasteiger partial charge >= 0.3 is 0 Å². The van der Waals surface area contributed by atoms with Gasteiger partial charge < -0.3 is 0 Å². The van der Waals surface area contributed by atoms with Crippen LogP contribution in [0.5, 0.6) is 0 Å². The molecular weight excluding hydrogens is 148 g/mol. The van der Waals surface area contributed by atoms with Crippen molar-refractivity contribution >= 4 is 17.4 Å². The SMILES string of the molecule is CC(=O)C1=C(Cl)CCCC1. The quantitative estimate of drug-likeness (QED) is 0.574. The van der Waals surface area contributed by atoms with Crippen LogP contribution in [-0.4, -0.2) is 5.78 Å². The standard InChI is InChI=1S/C8H11ClO/c1-6(10)7-4-2-3-5-8(7)9/h2-5H2,1H3. The zero-order chi connectivity index (χ0) is 7.56. The maximum absolute atomic E-state index is 10.9. The van der Waals surface area contributed by atoms with Crippen LogP contribution in [-0.2, 0) is 4.79 Å². The van der Waals surface area contributed by atoms with E-state index in [-0.39, 0.29) is 5.78 Å². The Balaban J connectivity index is 2.78. The van der Waals surface area contributed by atoms with Gasteiger partial charge in [0, 0.05) is 10.6 Å². The van der Waals surface area contributed by atoms with Crippen molar-refractivity contribution in [3.8, 4) is 0 Å². The molecule has 2 heteroatoms. The first-order chi connectivity index (χ1) is 4.72. The van der Waals surface area contributed by atoms with Crippen molar-refractivity contribution in [2.24, 2.45) is 0 Å². The van der Waals surface area contributed by atoms with Crippen LogP contribution in [0.2, 0.25) is 0 Å². The van der Waals surface area contributed by atoms with E-state index in [0.717, 1.165) is 36.3 Å². The molecular formula is C8H11ClO. The lowest BCUT2D eigenvalue weighted by Crippen LogP contribution is -2.03. The average molecular weight is 159 g/mol. The number of hydrogen-bond acceptors (Lipinski definition) is 1. The predicted octanol–water partition coefficient (Wildman–Crippen LogP) is 2.64. The normalized spacial score (nSPS) is 19.4. The molecule has 1 aliphatic carbocycles. The summed E-state index contributed by atoms with van der Waals surface area (Å²) in [7, 11) is 0. The molecule has 1 aliphatic rings. The van der Waals surface area contributed by atoms with Crippen molar-refractivity contribution in [3.63, 3.8) is 0 Å². The molecule has 0 unspecified atom stereocenters. The van der Waals surface area contributed by atoms with Crippen LogP contribution in [0.4, 0.5) is 0 Å². The molecule has 0 amide bonds. The molecule has 0 spiro atoms. The zero-order valence-electron chi connectivity index (χ0n) is 6.11. The lowest BCUT2D eigenvalue weighted by Gasteiger charge is -2.12. The second-order valence-corrected chi connectivity index (χ2v) is 3.10. The van der Waals surface area contributed by atoms with Gasteiger partial charge in [-0.3, -0.25) is 4.79 Å². The molecule has 0 aromatic carbocycles. The molecule has 10 heavy (non-hydrogen) atoms. The fourth-order valence-electron chi connectivity index (χ4n) is 1.24. The first kappa shape index (κ1) is 7.80. The number of ketones is 1. The summed E-state index contributed by atoms with van der Waals surface area (Å²) in [5.74, 6) is 0.143. The number of halogens is 1. The van der Waals surface area contributed by atoms with Crippen LogP contribution in [0, 0.1) is 0 Å². The van der Waals surface area contributed by atoms with Gasteiger partial charge in [0.05, 0.1) is 0 Å². The van der Waals surface area contributed by atoms with E-state index >= 15 is 0 Å². The number of hydrogen-bond donors (Lipinski definition) is 0. The summed E-state index contributed by atoms with van der Waals surface area (Å²) in [6.45, 7) is 1.59. The Morgan fingerprint density at radius 3 is 2.40 bits per heavy atom. The summed E-state index contributed by atoms with van der Waals surface area (Å²) < 4.78 is 0. The van der Waals surface area contributed by atoms with Gasteiger partial charge in [0.15, 0.2) is 5.78 Å². The Morgan fingerprint density at radius 2 is 2.00 bits per heavy atom. The summed E-state index contributed by atoms with van der Waals surface area (Å²) in [5, 5.41) is 0.791. The highest BCUT2D eigenvalue weighted by Crippen LogP contribution is 2.27. The molecule has 0 bridgehead atoms. The van der Waals surface area contributed by atoms with Gasteiger partial charge in [-0.2, -0.15) is 0 Å². The minimum atomic E-state index is 0.143. The van der Waals surface area contributed by atoms with E-state index in [2.05, 4.69) is 0 Å². The largest absolute Gasteiger partial charge is 0.295 e. The Morgan fingerprint density at radius 1 is 1.40 bits per heavy atom. The van der Waals surface area contributed by atoms with Gasteiger partial charge in [0.25, 0.3) is 0 Å². The van der Waals surface area contributed by atoms with E-state index in [1.54, 1.807) is 6.92 Å². The summed E-state index contributed by atoms with van der Waals surface area (Å²) in [6, 6.07) is 0. The highest BCUT2D eigenvalue weighted by molar-refractivity contribution is 6.31. The third-order valence-corrected chi connectivity index (χ3v) is 2.24. The molecule has 1 nitrogen and oxygen atoms in total. The van der Waals surface area contributed by atoms with Crippen LogP contribution in [0.15, 0.2) is 10.6 Å². The molecule has 0 atom stereocenters. The van der Waals surface area contributed by atoms with E-state index in [0.29, 0.717) is 0 Å². The van der Waals surface area contributed by atoms with Crippen molar-refractivity contribution in [2.75, 3.05) is 0 Å². The summed E-state index contributed by atoms with van der Waals surface area (Å²) >= 11 is 5.84. The molecule has 0 saturated carbocycles. The molecule has 0 aliphatic heterocycles. The molecule has 0 aromatic heterocycles. The maximum atomic E-state index is 10.9. The van der Waals surface area contributed by atoms with Crippen molar-refractivity contribution < 1.29 is 4.79 Å². The smallest absolute Gasteiger partial charge is 0.156 e. The Labute approximate surface area is 66.1 Å². The lowest BCUT2D eigenvalue weighted by atomic mass is 9.97. The Bertz CT molecular complexity index is 182. The molecule has 0 heterocycles. The van der Waals surface area contributed by atoms with Gasteiger partial charge in [-0.05, 0) is 32.6 Å². The van der Waals surface area contributed by atoms with Gasteiger partial charge in [-0.15, -0.1) is 0 Å². The van der Waals surface area contributed by atoms with Gasteiger partial charge in [-0.1, -0.05) is 11.6 Å². The average Bonchev–Trinajstić information content (AvgIpc) is 1.88. The van der Waals surface area contributed by atoms with E-state index in [9.17, 15) is 4.79 Å². The monoisotopic (exact) mass is 158 g/mol. The van der Waals surface area contributed by atoms with Crippen molar-refractivity contribution in [1.29, 1.82) is 0 Å². The van der Waals surface area contributed by atoms with Crippen LogP contribution >= 0.6 is 11.6 Å². The molecule has 0 radical (unpaired) electrons. The molecule has 1 rings (SSSR count). The van der Waals surface area contributed by atoms with Gasteiger partial charge in [0.1, 0.15) is 0 Å². The Kier molecular flexibility index (Phi) is 2.50. The third kappa shape index (κ3) is 1.60. The van der Waals surface area contributed by atoms with Crippen LogP contribution < -0.4 is 0 Å². The number of allylic oxidation sites excluding steroid dienone is 2. The van der Waals surface area contributed by atoms with Gasteiger partial charge in [0.2, 0.25) is 0 Å². The van der Waals surface area contributed by atoms with E-state index in [1.165, 1.54) is 0 Å². The van der Waals surface area contributed by atoms with Crippen LogP contribution in [0.25, 0.3) is 0 Å². The van der Waals surface area contributed by atoms with Crippen molar-refractivity contribution in [2.45, 2.75) is 32.6 Å². The van der Waals surface area contributed by atoms with E-state index in [4.69, 9.17) is 11.6 Å². The number of carbonyl (C=O) groups excluding carboxylic acids is 1. The molecule has 0 N–H and O–H groups in total. The molecule has 0 saturated heterocycles. The molecule has 0 fully saturated rings. The first-order valence-electron chi connectivity index (χ1n) is 3.60. The topological polar surface area (TPSA) is 17.1 Å². The fourth-order valence-corrected chi connectivity index (χ4v) is 1.60. The number of carbonyl (C=O) groups is 1. The third-order valence-electron chi connectivity index (χ3n) is 1.83. The van der Waals surface area contributed by atoms with Gasteiger partial charge in [-0.25, -0.2) is 0 Å². The fraction of sp³-hybridized carbons (Fsp3) is 0.625. The predicted molar refractivity (Wildman–Crippen MR) is 42.0 cm³/mol. The molecule has 0 aromatic rings. The van der Waals surface area contributed by atoms with Crippen LogP contribution in [0.3, 0.4) is 0 Å². The summed E-state index contributed by atoms with van der Waals surface area (Å²) in [5.41, 5.74) is 0.855. The van der Waals surface area contributed by atoms with Crippen molar-refractivity contribution in [1.82, 2.24) is 0 Å². The number of rotatable bonds is 1. The minimum Gasteiger partial charge on any atom is -0.295 e. The number of Topliss-reactive ketones (excluding diaryl/α,β-unsaturated/α-hetero) is 1. The van der Waals surface area contributed by atoms with E-state index < -0.39 is 0 Å². The molecule has 56 valence electrons. The summed E-state index contributed by atoms with van der Waals surface area (Å²) in [6.07, 6.45) is 4.03. The highest BCUT2D eigenvalue weighted by Gasteiger charge is 2.13. The van der Waals surface area contributed by atoms with Crippen molar-refractivity contribution in [3.05, 3.63) is 10.6 Å². The summed E-state index contributed by atoms with van der Waals surface area (Å²) in [4.78, 5) is 10.9. The minimum absolute atomic E-state index is 0.143. The first-order valence-corrected chi connectivity index (χ1v) is 3.98. The Hall–Kier alpha value is -0.300. The second-order valence-electron chi connectivity index (χ2n) is 2.65. The maximum Gasteiger partial charge on any atom is 0.156 e. The zero-order valence-corrected chi connectivity index (χ0v) is 6.87. The van der Waals surface area contributed by atoms with E-state index in [1.807, 2.05) is 0 Å². The second kappa shape index (κ2) is 3.20. The lowest BCUT2D eigenvalue weighted by molar-refractivity contribution is -0.113.